The minimum Gasteiger partial charge on any atom is -0.508 e. The van der Waals surface area contributed by atoms with Gasteiger partial charge < -0.3 is 15.3 Å². The molecule has 1 aliphatic rings. The van der Waals surface area contributed by atoms with Crippen molar-refractivity contribution in [2.24, 2.45) is 0 Å². The molecule has 0 saturated carbocycles. The standard InChI is InChI=1S/C14H14O3S/c1-3-11-12(4-2)14(17)18(13(11)16)10-7-5-9(15)6-8-10/h3-8,15-18H,1-2H2. The highest BCUT2D eigenvalue weighted by molar-refractivity contribution is 8.23. The Hall–Kier alpha value is -2.07. The van der Waals surface area contributed by atoms with E-state index < -0.39 is 10.9 Å². The molecule has 0 atom stereocenters. The molecule has 2 rings (SSSR count). The number of thiol groups is 1. The van der Waals surface area contributed by atoms with Gasteiger partial charge in [0, 0.05) is 16.0 Å². The number of benzene rings is 1. The second-order valence-corrected chi connectivity index (χ2v) is 5.77. The second kappa shape index (κ2) is 4.66. The molecule has 1 aliphatic heterocycles. The van der Waals surface area contributed by atoms with Gasteiger partial charge in [-0.2, -0.15) is 0 Å². The molecule has 3 nitrogen and oxygen atoms in total. The molecule has 0 unspecified atom stereocenters. The Morgan fingerprint density at radius 2 is 1.28 bits per heavy atom. The molecular weight excluding hydrogens is 248 g/mol. The lowest BCUT2D eigenvalue weighted by molar-refractivity contribution is 0.444. The summed E-state index contributed by atoms with van der Waals surface area (Å²) in [6, 6.07) is 6.41. The molecule has 0 aliphatic carbocycles. The quantitative estimate of drug-likeness (QED) is 0.628. The third-order valence-corrected chi connectivity index (χ3v) is 4.86. The van der Waals surface area contributed by atoms with Crippen LogP contribution in [0.3, 0.4) is 0 Å². The van der Waals surface area contributed by atoms with Gasteiger partial charge in [-0.3, -0.25) is 0 Å². The van der Waals surface area contributed by atoms with Gasteiger partial charge in [0.2, 0.25) is 0 Å². The van der Waals surface area contributed by atoms with Gasteiger partial charge in [0.25, 0.3) is 0 Å². The van der Waals surface area contributed by atoms with Crippen molar-refractivity contribution in [3.63, 3.8) is 0 Å². The first-order valence-corrected chi connectivity index (χ1v) is 6.65. The third-order valence-electron chi connectivity index (χ3n) is 2.71. The first kappa shape index (κ1) is 12.4. The number of hydrogen-bond acceptors (Lipinski definition) is 3. The fourth-order valence-electron chi connectivity index (χ4n) is 1.83. The summed E-state index contributed by atoms with van der Waals surface area (Å²) in [6.07, 6.45) is 3.01. The highest BCUT2D eigenvalue weighted by Crippen LogP contribution is 2.56. The van der Waals surface area contributed by atoms with Gasteiger partial charge in [-0.15, -0.1) is 10.9 Å². The Labute approximate surface area is 108 Å². The predicted molar refractivity (Wildman–Crippen MR) is 75.1 cm³/mol. The van der Waals surface area contributed by atoms with Crippen molar-refractivity contribution in [2.45, 2.75) is 4.90 Å². The molecule has 0 aromatic heterocycles. The van der Waals surface area contributed by atoms with Crippen molar-refractivity contribution >= 4 is 10.9 Å². The van der Waals surface area contributed by atoms with E-state index in [-0.39, 0.29) is 15.9 Å². The Morgan fingerprint density at radius 1 is 0.833 bits per heavy atom. The number of aliphatic hydroxyl groups excluding tert-OH is 2. The Bertz CT molecular complexity index is 537. The van der Waals surface area contributed by atoms with Crippen molar-refractivity contribution in [1.29, 1.82) is 0 Å². The molecule has 1 aromatic rings. The van der Waals surface area contributed by atoms with Crippen molar-refractivity contribution in [3.05, 3.63) is 70.9 Å². The van der Waals surface area contributed by atoms with E-state index in [0.29, 0.717) is 11.1 Å². The average molecular weight is 262 g/mol. The van der Waals surface area contributed by atoms with E-state index in [9.17, 15) is 15.3 Å². The van der Waals surface area contributed by atoms with Crippen molar-refractivity contribution in [3.8, 4) is 5.75 Å². The zero-order valence-corrected chi connectivity index (χ0v) is 10.6. The van der Waals surface area contributed by atoms with Crippen molar-refractivity contribution in [1.82, 2.24) is 0 Å². The number of allylic oxidation sites excluding steroid dienone is 4. The van der Waals surface area contributed by atoms with Gasteiger partial charge in [-0.05, 0) is 24.3 Å². The molecule has 1 aromatic carbocycles. The van der Waals surface area contributed by atoms with Crippen LogP contribution in [-0.4, -0.2) is 15.3 Å². The summed E-state index contributed by atoms with van der Waals surface area (Å²) in [4.78, 5) is 0.758. The van der Waals surface area contributed by atoms with Crippen LogP contribution in [0.1, 0.15) is 0 Å². The minimum absolute atomic E-state index is 0.109. The normalized spacial score (nSPS) is 17.2. The maximum absolute atomic E-state index is 10.2. The van der Waals surface area contributed by atoms with E-state index in [1.165, 1.54) is 24.3 Å². The molecule has 18 heavy (non-hydrogen) atoms. The number of aromatic hydroxyl groups is 1. The molecule has 0 radical (unpaired) electrons. The fourth-order valence-corrected chi connectivity index (χ4v) is 3.87. The summed E-state index contributed by atoms with van der Waals surface area (Å²) in [6.45, 7) is 7.25. The van der Waals surface area contributed by atoms with Crippen LogP contribution < -0.4 is 0 Å². The van der Waals surface area contributed by atoms with Gasteiger partial charge in [-0.1, -0.05) is 25.3 Å². The first-order valence-electron chi connectivity index (χ1n) is 5.31. The Balaban J connectivity index is 2.55. The number of phenolic OH excluding ortho intramolecular Hbond substituents is 1. The molecule has 0 fully saturated rings. The lowest BCUT2D eigenvalue weighted by Crippen LogP contribution is -1.87. The van der Waals surface area contributed by atoms with E-state index >= 15 is 0 Å². The van der Waals surface area contributed by atoms with Crippen LogP contribution in [0.25, 0.3) is 0 Å². The minimum atomic E-state index is -1.35. The number of rotatable bonds is 3. The van der Waals surface area contributed by atoms with E-state index in [1.54, 1.807) is 12.1 Å². The van der Waals surface area contributed by atoms with Crippen LogP contribution in [0, 0.1) is 0 Å². The maximum atomic E-state index is 10.2. The smallest absolute Gasteiger partial charge is 0.148 e. The summed E-state index contributed by atoms with van der Waals surface area (Å²) in [5, 5.41) is 29.8. The number of phenols is 1. The lowest BCUT2D eigenvalue weighted by atomic mass is 10.1. The van der Waals surface area contributed by atoms with Gasteiger partial charge in [0.05, 0.1) is 0 Å². The van der Waals surface area contributed by atoms with Crippen LogP contribution >= 0.6 is 10.9 Å². The molecule has 94 valence electrons. The van der Waals surface area contributed by atoms with Crippen LogP contribution in [0.5, 0.6) is 5.75 Å². The van der Waals surface area contributed by atoms with Gasteiger partial charge in [-0.25, -0.2) is 0 Å². The summed E-state index contributed by atoms with van der Waals surface area (Å²) in [5.74, 6) is 0.146. The Morgan fingerprint density at radius 3 is 1.67 bits per heavy atom. The first-order chi connectivity index (χ1) is 8.60. The topological polar surface area (TPSA) is 60.7 Å². The molecule has 1 heterocycles. The summed E-state index contributed by atoms with van der Waals surface area (Å²) in [7, 11) is -1.35. The maximum Gasteiger partial charge on any atom is 0.148 e. The number of hydrogen-bond donors (Lipinski definition) is 4. The molecule has 4 heteroatoms. The van der Waals surface area contributed by atoms with Crippen LogP contribution in [0.4, 0.5) is 0 Å². The van der Waals surface area contributed by atoms with Gasteiger partial charge >= 0.3 is 0 Å². The largest absolute Gasteiger partial charge is 0.508 e. The van der Waals surface area contributed by atoms with E-state index in [2.05, 4.69) is 13.2 Å². The molecule has 0 saturated heterocycles. The lowest BCUT2D eigenvalue weighted by Gasteiger charge is -2.16. The molecule has 3 N–H and O–H groups in total. The Kier molecular flexibility index (Phi) is 3.21. The molecular formula is C14H14O3S. The second-order valence-electron chi connectivity index (χ2n) is 3.73. The number of aliphatic hydroxyl groups is 2. The highest BCUT2D eigenvalue weighted by Gasteiger charge is 2.29. The van der Waals surface area contributed by atoms with Crippen LogP contribution in [-0.2, 0) is 0 Å². The SMILES string of the molecule is C=CC1=C(O)[SH](c2ccc(O)cc2)C(O)=C1C=C. The summed E-state index contributed by atoms with van der Waals surface area (Å²) >= 11 is 0. The van der Waals surface area contributed by atoms with Crippen LogP contribution in [0.15, 0.2) is 75.8 Å². The fraction of sp³-hybridized carbons (Fsp3) is 0. The highest BCUT2D eigenvalue weighted by atomic mass is 32.2. The average Bonchev–Trinajstić information content (AvgIpc) is 2.61. The molecule has 0 spiro atoms. The zero-order chi connectivity index (χ0) is 13.3. The summed E-state index contributed by atoms with van der Waals surface area (Å²) in [5.41, 5.74) is 1.03. The predicted octanol–water partition coefficient (Wildman–Crippen LogP) is 3.68. The van der Waals surface area contributed by atoms with Gasteiger partial charge in [0.15, 0.2) is 0 Å². The van der Waals surface area contributed by atoms with Crippen LogP contribution in [0.2, 0.25) is 0 Å². The van der Waals surface area contributed by atoms with Gasteiger partial charge in [0.1, 0.15) is 15.9 Å². The van der Waals surface area contributed by atoms with E-state index in [0.717, 1.165) is 4.90 Å². The zero-order valence-electron chi connectivity index (χ0n) is 9.67. The molecule has 0 bridgehead atoms. The van der Waals surface area contributed by atoms with E-state index in [1.807, 2.05) is 0 Å². The summed E-state index contributed by atoms with van der Waals surface area (Å²) < 4.78 is 0. The molecule has 0 amide bonds. The third kappa shape index (κ3) is 1.80. The van der Waals surface area contributed by atoms with E-state index in [4.69, 9.17) is 0 Å². The monoisotopic (exact) mass is 262 g/mol. The van der Waals surface area contributed by atoms with Crippen molar-refractivity contribution in [2.75, 3.05) is 0 Å². The van der Waals surface area contributed by atoms with Crippen molar-refractivity contribution < 1.29 is 15.3 Å².